The number of anilines is 2. The van der Waals surface area contributed by atoms with Crippen LogP contribution < -0.4 is 5.32 Å². The van der Waals surface area contributed by atoms with E-state index in [2.05, 4.69) is 19.2 Å². The van der Waals surface area contributed by atoms with Gasteiger partial charge in [-0.2, -0.15) is 0 Å². The molecule has 1 aliphatic heterocycles. The largest absolute Gasteiger partial charge is 0.392 e. The smallest absolute Gasteiger partial charge is 0.225 e. The fourth-order valence-corrected chi connectivity index (χ4v) is 7.80. The standard InChI is InChI=1S/C26H34FN3O3S/c1-15(24(32)30-10-12-33-13-11-30)19-8-9-26(3)14-20-22(16(2)21(26)23(19)31)29-25(34-20)28-18-6-4-17(27)5-7-18/h4-7,15-16,19,21,23,31H,8-14H2,1-3H3,(H,28,29)/t15-,16+,19+,21+,23-,26+/m0/s1. The Morgan fingerprint density at radius 3 is 2.74 bits per heavy atom. The maximum atomic E-state index is 13.3. The molecule has 2 heterocycles. The van der Waals surface area contributed by atoms with E-state index in [1.54, 1.807) is 23.5 Å². The van der Waals surface area contributed by atoms with Crippen LogP contribution in [0.1, 0.15) is 50.1 Å². The Bertz CT molecular complexity index is 1040. The summed E-state index contributed by atoms with van der Waals surface area (Å²) in [6, 6.07) is 6.29. The molecule has 6 nitrogen and oxygen atoms in total. The van der Waals surface area contributed by atoms with E-state index >= 15 is 0 Å². The van der Waals surface area contributed by atoms with Gasteiger partial charge in [0.15, 0.2) is 5.13 Å². The van der Waals surface area contributed by atoms with Crippen molar-refractivity contribution in [1.29, 1.82) is 0 Å². The molecule has 0 unspecified atom stereocenters. The van der Waals surface area contributed by atoms with Crippen molar-refractivity contribution >= 4 is 28.1 Å². The van der Waals surface area contributed by atoms with Crippen molar-refractivity contribution in [3.05, 3.63) is 40.7 Å². The first-order valence-corrected chi connectivity index (χ1v) is 13.2. The lowest BCUT2D eigenvalue weighted by Gasteiger charge is -2.53. The molecular formula is C26H34FN3O3S. The second-order valence-electron chi connectivity index (χ2n) is 10.5. The molecule has 8 heteroatoms. The molecule has 2 aliphatic carbocycles. The Morgan fingerprint density at radius 1 is 1.32 bits per heavy atom. The minimum Gasteiger partial charge on any atom is -0.392 e. The molecule has 6 atom stereocenters. The summed E-state index contributed by atoms with van der Waals surface area (Å²) in [5, 5.41) is 15.7. The fourth-order valence-electron chi connectivity index (χ4n) is 6.51. The number of aromatic nitrogens is 1. The van der Waals surface area contributed by atoms with Gasteiger partial charge in [0.05, 0.1) is 25.0 Å². The van der Waals surface area contributed by atoms with Gasteiger partial charge in [-0.1, -0.05) is 20.8 Å². The number of hydrogen-bond acceptors (Lipinski definition) is 6. The first kappa shape index (κ1) is 23.7. The van der Waals surface area contributed by atoms with E-state index in [0.717, 1.165) is 35.8 Å². The van der Waals surface area contributed by atoms with Crippen molar-refractivity contribution in [2.24, 2.45) is 23.2 Å². The van der Waals surface area contributed by atoms with Crippen LogP contribution in [-0.2, 0) is 16.0 Å². The topological polar surface area (TPSA) is 74.7 Å². The second kappa shape index (κ2) is 9.21. The molecule has 1 saturated carbocycles. The summed E-state index contributed by atoms with van der Waals surface area (Å²) < 4.78 is 18.7. The predicted octanol–water partition coefficient (Wildman–Crippen LogP) is 4.57. The number of ether oxygens (including phenoxy) is 1. The van der Waals surface area contributed by atoms with E-state index in [9.17, 15) is 14.3 Å². The summed E-state index contributed by atoms with van der Waals surface area (Å²) >= 11 is 1.65. The van der Waals surface area contributed by atoms with Crippen LogP contribution in [0.4, 0.5) is 15.2 Å². The van der Waals surface area contributed by atoms with Gasteiger partial charge in [-0.05, 0) is 60.8 Å². The number of morpholine rings is 1. The van der Waals surface area contributed by atoms with Crippen LogP contribution in [0.2, 0.25) is 0 Å². The van der Waals surface area contributed by atoms with Crippen LogP contribution in [0, 0.1) is 29.0 Å². The molecule has 0 bridgehead atoms. The van der Waals surface area contributed by atoms with Gasteiger partial charge in [-0.3, -0.25) is 4.79 Å². The molecule has 34 heavy (non-hydrogen) atoms. The minimum absolute atomic E-state index is 0.0241. The van der Waals surface area contributed by atoms with Crippen molar-refractivity contribution < 1.29 is 19.0 Å². The number of hydrogen-bond donors (Lipinski definition) is 2. The third kappa shape index (κ3) is 4.25. The van der Waals surface area contributed by atoms with E-state index in [0.29, 0.717) is 26.3 Å². The summed E-state index contributed by atoms with van der Waals surface area (Å²) in [5.74, 6) is -0.235. The third-order valence-electron chi connectivity index (χ3n) is 8.37. The van der Waals surface area contributed by atoms with Gasteiger partial charge >= 0.3 is 0 Å². The molecule has 184 valence electrons. The average molecular weight is 488 g/mol. The molecule has 0 radical (unpaired) electrons. The number of benzene rings is 1. The highest BCUT2D eigenvalue weighted by molar-refractivity contribution is 7.15. The van der Waals surface area contributed by atoms with Gasteiger partial charge in [-0.15, -0.1) is 11.3 Å². The lowest BCUT2D eigenvalue weighted by atomic mass is 9.53. The number of rotatable bonds is 4. The molecule has 2 aromatic rings. The molecule has 3 aliphatic rings. The molecule has 1 aromatic heterocycles. The lowest BCUT2D eigenvalue weighted by molar-refractivity contribution is -0.148. The van der Waals surface area contributed by atoms with Gasteiger partial charge in [0.1, 0.15) is 5.82 Å². The van der Waals surface area contributed by atoms with Crippen LogP contribution in [0.25, 0.3) is 0 Å². The Balaban J connectivity index is 1.35. The summed E-state index contributed by atoms with van der Waals surface area (Å²) in [5.41, 5.74) is 1.83. The highest BCUT2D eigenvalue weighted by atomic mass is 32.1. The molecule has 1 amide bonds. The Labute approximate surface area is 204 Å². The molecular weight excluding hydrogens is 453 g/mol. The quantitative estimate of drug-likeness (QED) is 0.661. The number of nitrogens with zero attached hydrogens (tertiary/aromatic N) is 2. The zero-order valence-corrected chi connectivity index (χ0v) is 20.9. The minimum atomic E-state index is -0.544. The van der Waals surface area contributed by atoms with Crippen molar-refractivity contribution in [2.45, 2.75) is 52.1 Å². The molecule has 2 fully saturated rings. The van der Waals surface area contributed by atoms with Gasteiger partial charge in [0.2, 0.25) is 5.91 Å². The Morgan fingerprint density at radius 2 is 2.03 bits per heavy atom. The van der Waals surface area contributed by atoms with Crippen LogP contribution in [0.15, 0.2) is 24.3 Å². The van der Waals surface area contributed by atoms with E-state index in [1.165, 1.54) is 17.0 Å². The molecule has 5 rings (SSSR count). The number of amides is 1. The van der Waals surface area contributed by atoms with Crippen LogP contribution in [0.3, 0.4) is 0 Å². The van der Waals surface area contributed by atoms with Crippen molar-refractivity contribution in [3.8, 4) is 0 Å². The summed E-state index contributed by atoms with van der Waals surface area (Å²) in [6.07, 6.45) is 2.18. The Hall–Kier alpha value is -2.03. The Kier molecular flexibility index (Phi) is 6.42. The maximum absolute atomic E-state index is 13.3. The van der Waals surface area contributed by atoms with E-state index < -0.39 is 6.10 Å². The zero-order chi connectivity index (χ0) is 24.0. The first-order valence-electron chi connectivity index (χ1n) is 12.3. The summed E-state index contributed by atoms with van der Waals surface area (Å²) in [6.45, 7) is 8.89. The highest BCUT2D eigenvalue weighted by Crippen LogP contribution is 2.57. The van der Waals surface area contributed by atoms with Crippen molar-refractivity contribution in [3.63, 3.8) is 0 Å². The van der Waals surface area contributed by atoms with E-state index in [4.69, 9.17) is 9.72 Å². The molecule has 0 spiro atoms. The number of aliphatic hydroxyl groups excluding tert-OH is 1. The van der Waals surface area contributed by atoms with E-state index in [-0.39, 0.29) is 40.8 Å². The lowest BCUT2D eigenvalue weighted by Crippen LogP contribution is -2.54. The van der Waals surface area contributed by atoms with Gasteiger partial charge in [-0.25, -0.2) is 9.37 Å². The average Bonchev–Trinajstić information content (AvgIpc) is 3.22. The monoisotopic (exact) mass is 487 g/mol. The third-order valence-corrected chi connectivity index (χ3v) is 9.36. The molecule has 1 saturated heterocycles. The molecule has 2 N–H and O–H groups in total. The van der Waals surface area contributed by atoms with Crippen molar-refractivity contribution in [1.82, 2.24) is 9.88 Å². The fraction of sp³-hybridized carbons (Fsp3) is 0.615. The van der Waals surface area contributed by atoms with Gasteiger partial charge in [0, 0.05) is 35.5 Å². The van der Waals surface area contributed by atoms with Crippen LogP contribution >= 0.6 is 11.3 Å². The zero-order valence-electron chi connectivity index (χ0n) is 20.1. The number of thiazole rings is 1. The van der Waals surface area contributed by atoms with Crippen molar-refractivity contribution in [2.75, 3.05) is 31.6 Å². The van der Waals surface area contributed by atoms with Gasteiger partial charge < -0.3 is 20.1 Å². The number of fused-ring (bicyclic) bond motifs is 2. The van der Waals surface area contributed by atoms with Crippen LogP contribution in [0.5, 0.6) is 0 Å². The summed E-state index contributed by atoms with van der Waals surface area (Å²) in [7, 11) is 0. The summed E-state index contributed by atoms with van der Waals surface area (Å²) in [4.78, 5) is 21.2. The normalized spacial score (nSPS) is 32.0. The number of aliphatic hydroxyl groups is 1. The maximum Gasteiger partial charge on any atom is 0.225 e. The first-order chi connectivity index (χ1) is 16.3. The number of halogens is 1. The van der Waals surface area contributed by atoms with E-state index in [1.807, 2.05) is 11.8 Å². The molecule has 1 aromatic carbocycles. The predicted molar refractivity (Wildman–Crippen MR) is 131 cm³/mol. The second-order valence-corrected chi connectivity index (χ2v) is 11.6. The van der Waals surface area contributed by atoms with Crippen LogP contribution in [-0.4, -0.2) is 53.3 Å². The number of carbonyl (C=O) groups is 1. The van der Waals surface area contributed by atoms with Gasteiger partial charge in [0.25, 0.3) is 0 Å². The number of carbonyl (C=O) groups excluding carboxylic acids is 1. The SMILES string of the molecule is C[C@H](C(=O)N1CCOCC1)[C@H]1CC[C@]2(C)Cc3sc(Nc4ccc(F)cc4)nc3[C@H](C)[C@@H]2[C@H]1O. The number of nitrogens with one attached hydrogen (secondary N) is 1. The highest BCUT2D eigenvalue weighted by Gasteiger charge is 2.54.